The lowest BCUT2D eigenvalue weighted by molar-refractivity contribution is 0.00989. The number of likely N-dealkylation sites (tertiary alicyclic amines) is 1. The van der Waals surface area contributed by atoms with Crippen LogP contribution in [0.3, 0.4) is 0 Å². The first-order valence-electron chi connectivity index (χ1n) is 15.1. The largest absolute Gasteiger partial charge is 0.493 e. The molecule has 0 aliphatic carbocycles. The van der Waals surface area contributed by atoms with Crippen molar-refractivity contribution in [2.24, 2.45) is 17.3 Å². The molecule has 1 unspecified atom stereocenters. The van der Waals surface area contributed by atoms with E-state index in [0.717, 1.165) is 12.0 Å². The highest BCUT2D eigenvalue weighted by molar-refractivity contribution is 6.48. The zero-order valence-electron chi connectivity index (χ0n) is 27.7. The van der Waals surface area contributed by atoms with Crippen molar-refractivity contribution in [1.82, 2.24) is 9.80 Å². The van der Waals surface area contributed by atoms with Gasteiger partial charge in [0.1, 0.15) is 11.4 Å². The number of carbonyl (C=O) groups excluding carboxylic acids is 2. The van der Waals surface area contributed by atoms with E-state index in [0.29, 0.717) is 44.2 Å². The van der Waals surface area contributed by atoms with Crippen LogP contribution in [0.1, 0.15) is 77.7 Å². The van der Waals surface area contributed by atoms with Crippen LogP contribution in [-0.4, -0.2) is 88.5 Å². The molecule has 234 valence electrons. The molecule has 0 bridgehead atoms. The number of nitrogens with zero attached hydrogens (tertiary/aromatic N) is 2. The Hall–Kier alpha value is -2.10. The highest BCUT2D eigenvalue weighted by Gasteiger charge is 2.46. The molecule has 0 aromatic heterocycles. The van der Waals surface area contributed by atoms with E-state index >= 15 is 0 Å². The van der Waals surface area contributed by atoms with Gasteiger partial charge in [0, 0.05) is 63.2 Å². The minimum absolute atomic E-state index is 0.0282. The van der Waals surface area contributed by atoms with Gasteiger partial charge in [-0.15, -0.1) is 0 Å². The average Bonchev–Trinajstić information content (AvgIpc) is 3.26. The van der Waals surface area contributed by atoms with Crippen molar-refractivity contribution < 1.29 is 28.2 Å². The molecule has 1 fully saturated rings. The summed E-state index contributed by atoms with van der Waals surface area (Å²) in [5, 5.41) is 0. The van der Waals surface area contributed by atoms with Gasteiger partial charge in [0.2, 0.25) is 0 Å². The van der Waals surface area contributed by atoms with E-state index in [9.17, 15) is 9.59 Å². The molecular formula is C32H56N2O6Si. The third-order valence-electron chi connectivity index (χ3n) is 7.31. The Labute approximate surface area is 250 Å². The van der Waals surface area contributed by atoms with Gasteiger partial charge in [0.25, 0.3) is 5.91 Å². The lowest BCUT2D eigenvalue weighted by Crippen LogP contribution is -2.47. The van der Waals surface area contributed by atoms with Crippen LogP contribution in [0.5, 0.6) is 5.75 Å². The zero-order valence-corrected chi connectivity index (χ0v) is 28.9. The summed E-state index contributed by atoms with van der Waals surface area (Å²) in [5.74, 6) is 0.793. The van der Waals surface area contributed by atoms with E-state index in [2.05, 4.69) is 33.9 Å². The second-order valence-electron chi connectivity index (χ2n) is 14.0. The smallest absolute Gasteiger partial charge is 0.410 e. The van der Waals surface area contributed by atoms with Crippen LogP contribution < -0.4 is 4.74 Å². The molecule has 2 amide bonds. The number of aryl methyl sites for hydroxylation is 1. The zero-order chi connectivity index (χ0) is 31.1. The predicted molar refractivity (Wildman–Crippen MR) is 167 cm³/mol. The fraction of sp³-hybridized carbons (Fsp3) is 0.750. The summed E-state index contributed by atoms with van der Waals surface area (Å²) >= 11 is 0. The Bertz CT molecular complexity index is 1000. The summed E-state index contributed by atoms with van der Waals surface area (Å²) in [7, 11) is 0.296. The van der Waals surface area contributed by atoms with Crippen LogP contribution >= 0.6 is 0 Å². The van der Waals surface area contributed by atoms with Crippen molar-refractivity contribution in [3.05, 3.63) is 29.3 Å². The van der Waals surface area contributed by atoms with E-state index in [1.54, 1.807) is 7.11 Å². The molecule has 1 aromatic carbocycles. The molecule has 0 spiro atoms. The molecular weight excluding hydrogens is 536 g/mol. The quantitative estimate of drug-likeness (QED) is 0.214. The van der Waals surface area contributed by atoms with Crippen LogP contribution in [0.15, 0.2) is 18.2 Å². The number of rotatable bonds is 12. The maximum Gasteiger partial charge on any atom is 0.410 e. The molecule has 8 nitrogen and oxygen atoms in total. The van der Waals surface area contributed by atoms with E-state index in [4.69, 9.17) is 18.6 Å². The van der Waals surface area contributed by atoms with Gasteiger partial charge in [-0.25, -0.2) is 4.79 Å². The van der Waals surface area contributed by atoms with E-state index in [1.165, 1.54) is 0 Å². The van der Waals surface area contributed by atoms with Gasteiger partial charge in [-0.2, -0.15) is 0 Å². The Morgan fingerprint density at radius 2 is 1.73 bits per heavy atom. The number of amides is 2. The summed E-state index contributed by atoms with van der Waals surface area (Å²) in [6.07, 6.45) is 0.428. The van der Waals surface area contributed by atoms with Gasteiger partial charge in [0.05, 0.1) is 12.7 Å². The van der Waals surface area contributed by atoms with Crippen molar-refractivity contribution in [2.75, 3.05) is 40.0 Å². The molecule has 41 heavy (non-hydrogen) atoms. The number of hydrogen-bond donors (Lipinski definition) is 0. The molecule has 0 saturated carbocycles. The highest BCUT2D eigenvalue weighted by Crippen LogP contribution is 2.38. The fourth-order valence-corrected chi connectivity index (χ4v) is 6.57. The molecule has 2 rings (SSSR count). The van der Waals surface area contributed by atoms with Gasteiger partial charge >= 0.3 is 6.09 Å². The molecule has 1 aliphatic heterocycles. The summed E-state index contributed by atoms with van der Waals surface area (Å²) in [6, 6.07) is 5.64. The van der Waals surface area contributed by atoms with Crippen LogP contribution in [0, 0.1) is 24.2 Å². The molecule has 3 atom stereocenters. The SMILES string of the molecule is COCCCOc1cc(C(=O)N(C[C@@H]2CN(C(=O)OC(C)(C)C)C[C@H]2C(O[SiH](C)C)C(C)(C)C)C(C)C)ccc1C. The van der Waals surface area contributed by atoms with E-state index < -0.39 is 14.6 Å². The van der Waals surface area contributed by atoms with Crippen molar-refractivity contribution in [2.45, 2.75) is 99.6 Å². The predicted octanol–water partition coefficient (Wildman–Crippen LogP) is 6.16. The number of hydrogen-bond acceptors (Lipinski definition) is 6. The first-order chi connectivity index (χ1) is 18.9. The van der Waals surface area contributed by atoms with Crippen LogP contribution in [0.4, 0.5) is 4.79 Å². The molecule has 9 heteroatoms. The van der Waals surface area contributed by atoms with Crippen molar-refractivity contribution >= 4 is 21.0 Å². The summed E-state index contributed by atoms with van der Waals surface area (Å²) in [4.78, 5) is 30.9. The molecule has 0 N–H and O–H groups in total. The first-order valence-corrected chi connectivity index (χ1v) is 17.9. The maximum absolute atomic E-state index is 14.0. The Balaban J connectivity index is 2.38. The summed E-state index contributed by atoms with van der Waals surface area (Å²) < 4.78 is 23.5. The van der Waals surface area contributed by atoms with Gasteiger partial charge in [-0.1, -0.05) is 26.8 Å². The van der Waals surface area contributed by atoms with Crippen molar-refractivity contribution in [3.63, 3.8) is 0 Å². The molecule has 0 radical (unpaired) electrons. The minimum Gasteiger partial charge on any atom is -0.493 e. The van der Waals surface area contributed by atoms with Crippen molar-refractivity contribution in [3.8, 4) is 5.75 Å². The van der Waals surface area contributed by atoms with E-state index in [-0.39, 0.29) is 41.4 Å². The normalized spacial score (nSPS) is 18.6. The van der Waals surface area contributed by atoms with Gasteiger partial charge < -0.3 is 28.4 Å². The monoisotopic (exact) mass is 592 g/mol. The van der Waals surface area contributed by atoms with Gasteiger partial charge in [-0.05, 0) is 77.7 Å². The molecule has 1 aromatic rings. The topological polar surface area (TPSA) is 77.5 Å². The average molecular weight is 593 g/mol. The summed E-state index contributed by atoms with van der Waals surface area (Å²) in [5.41, 5.74) is 0.886. The lowest BCUT2D eigenvalue weighted by Gasteiger charge is -2.40. The van der Waals surface area contributed by atoms with Gasteiger partial charge in [-0.3, -0.25) is 4.79 Å². The summed E-state index contributed by atoms with van der Waals surface area (Å²) in [6.45, 7) is 25.5. The molecule has 1 aliphatic rings. The third kappa shape index (κ3) is 10.6. The number of carbonyl (C=O) groups is 2. The Morgan fingerprint density at radius 3 is 2.27 bits per heavy atom. The second-order valence-corrected chi connectivity index (χ2v) is 16.4. The molecule has 1 heterocycles. The number of benzene rings is 1. The van der Waals surface area contributed by atoms with Gasteiger partial charge in [0.15, 0.2) is 9.04 Å². The van der Waals surface area contributed by atoms with Crippen LogP contribution in [0.25, 0.3) is 0 Å². The van der Waals surface area contributed by atoms with Crippen LogP contribution in [0.2, 0.25) is 13.1 Å². The maximum atomic E-state index is 14.0. The first kappa shape index (κ1) is 35.1. The van der Waals surface area contributed by atoms with E-state index in [1.807, 2.05) is 69.5 Å². The number of methoxy groups -OCH3 is 1. The second kappa shape index (κ2) is 14.9. The van der Waals surface area contributed by atoms with Crippen molar-refractivity contribution in [1.29, 1.82) is 0 Å². The Kier molecular flexibility index (Phi) is 12.7. The fourth-order valence-electron chi connectivity index (χ4n) is 5.37. The minimum atomic E-state index is -1.38. The Morgan fingerprint density at radius 1 is 1.07 bits per heavy atom. The number of ether oxygens (including phenoxy) is 3. The third-order valence-corrected chi connectivity index (χ3v) is 8.14. The standard InChI is InChI=1S/C32H56N2O6Si/c1-22(2)34(29(35)24-15-14-23(3)27(18-24)38-17-13-16-37-10)20-25-19-33(30(36)39-32(7,8)9)21-26(25)28(31(4,5)6)40-41(11)12/h14-15,18,22,25-26,28,41H,13,16-17,19-21H2,1-12H3/t25-,26+,28?/m0/s1. The molecule has 1 saturated heterocycles. The lowest BCUT2D eigenvalue weighted by atomic mass is 9.77. The highest BCUT2D eigenvalue weighted by atomic mass is 28.3. The van der Waals surface area contributed by atoms with Crippen LogP contribution in [-0.2, 0) is 13.9 Å².